The first kappa shape index (κ1) is 105. The summed E-state index contributed by atoms with van der Waals surface area (Å²) in [4.78, 5) is 164. The van der Waals surface area contributed by atoms with Gasteiger partial charge < -0.3 is 76.4 Å². The van der Waals surface area contributed by atoms with Gasteiger partial charge >= 0.3 is 71.6 Å². The van der Waals surface area contributed by atoms with Crippen molar-refractivity contribution < 1.29 is 114 Å². The molecule has 0 aromatic rings. The van der Waals surface area contributed by atoms with Crippen molar-refractivity contribution in [3.63, 3.8) is 0 Å². The molecule has 0 N–H and O–H groups in total. The molecule has 0 saturated carbocycles. The summed E-state index contributed by atoms with van der Waals surface area (Å²) in [5, 5.41) is 0. The van der Waals surface area contributed by atoms with Crippen LogP contribution in [0.3, 0.4) is 0 Å². The minimum atomic E-state index is -0.586. The Labute approximate surface area is 683 Å². The number of unbranched alkanes of at least 4 members (excludes halogenated alkanes) is 16. The third kappa shape index (κ3) is 62.7. The molecule has 0 radical (unpaired) electrons. The number of rotatable bonds is 76. The van der Waals surface area contributed by atoms with Crippen LogP contribution < -0.4 is 0 Å². The van der Waals surface area contributed by atoms with Crippen molar-refractivity contribution in [2.45, 2.75) is 299 Å². The van der Waals surface area contributed by atoms with Gasteiger partial charge in [-0.1, -0.05) is 158 Å². The van der Waals surface area contributed by atoms with E-state index in [0.717, 1.165) is 142 Å². The Balaban J connectivity index is 3.32. The first-order chi connectivity index (χ1) is 55.2. The second-order valence-corrected chi connectivity index (χ2v) is 30.4. The largest absolute Gasteiger partial charge is 0.465 e. The minimum Gasteiger partial charge on any atom is -0.465 e. The number of carbonyl (C=O) groups excluding carboxylic acids is 12. The number of nitrogens with zero attached hydrogens (tertiary/aromatic N) is 4. The number of piperazine rings is 1. The maximum Gasteiger partial charge on any atom is 0.307 e. The fraction of sp³-hybridized carbons (Fsp3) is 0.860. The Morgan fingerprint density at radius 1 is 0.202 bits per heavy atom. The first-order valence-corrected chi connectivity index (χ1v) is 44.0. The molecule has 1 fully saturated rings. The molecule has 0 amide bonds. The summed E-state index contributed by atoms with van der Waals surface area (Å²) in [5.74, 6) is -7.46. The Bertz CT molecular complexity index is 2150. The highest BCUT2D eigenvalue weighted by molar-refractivity contribution is 5.74. The molecule has 1 saturated heterocycles. The van der Waals surface area contributed by atoms with Gasteiger partial charge in [0.05, 0.1) is 49.4 Å². The summed E-state index contributed by atoms with van der Waals surface area (Å²) in [6.07, 6.45) is 23.2. The highest BCUT2D eigenvalue weighted by Gasteiger charge is 2.26. The topological polar surface area (TPSA) is 329 Å². The van der Waals surface area contributed by atoms with E-state index < -0.39 is 47.5 Å². The average Bonchev–Trinajstić information content (AvgIpc) is 0.915. The van der Waals surface area contributed by atoms with Gasteiger partial charge in [-0.3, -0.25) is 57.5 Å². The van der Waals surface area contributed by atoms with E-state index in [1.54, 1.807) is 0 Å². The third-order valence-electron chi connectivity index (χ3n) is 19.5. The highest BCUT2D eigenvalue weighted by atomic mass is 16.6. The lowest BCUT2D eigenvalue weighted by molar-refractivity contribution is -0.156. The van der Waals surface area contributed by atoms with E-state index >= 15 is 0 Å². The molecule has 28 heteroatoms. The molecule has 1 rings (SSSR count). The van der Waals surface area contributed by atoms with Crippen LogP contribution in [0.1, 0.15) is 299 Å². The molecular weight excluding hydrogens is 1470 g/mol. The molecular formula is C86H152N4O24. The van der Waals surface area contributed by atoms with Crippen molar-refractivity contribution in [2.75, 3.05) is 158 Å². The molecule has 0 atom stereocenters. The molecule has 1 aliphatic heterocycles. The van der Waals surface area contributed by atoms with Crippen LogP contribution in [-0.2, 0) is 114 Å². The summed E-state index contributed by atoms with van der Waals surface area (Å²) in [5.41, 5.74) is 0. The van der Waals surface area contributed by atoms with E-state index in [4.69, 9.17) is 56.8 Å². The van der Waals surface area contributed by atoms with Gasteiger partial charge in [0, 0.05) is 104 Å². The Kier molecular flexibility index (Phi) is 67.5. The van der Waals surface area contributed by atoms with Crippen LogP contribution in [0, 0.1) is 23.7 Å². The molecule has 114 heavy (non-hydrogen) atoms. The van der Waals surface area contributed by atoms with Crippen molar-refractivity contribution in [3.8, 4) is 0 Å². The van der Waals surface area contributed by atoms with Crippen molar-refractivity contribution >= 4 is 71.6 Å². The molecule has 0 spiro atoms. The van der Waals surface area contributed by atoms with E-state index in [1.165, 1.54) is 0 Å². The van der Waals surface area contributed by atoms with Gasteiger partial charge in [-0.2, -0.15) is 0 Å². The van der Waals surface area contributed by atoms with Gasteiger partial charge in [0.15, 0.2) is 0 Å². The van der Waals surface area contributed by atoms with Gasteiger partial charge in [0.25, 0.3) is 0 Å². The summed E-state index contributed by atoms with van der Waals surface area (Å²) in [7, 11) is 0. The van der Waals surface area contributed by atoms with Crippen molar-refractivity contribution in [2.24, 2.45) is 23.7 Å². The molecule has 660 valence electrons. The highest BCUT2D eigenvalue weighted by Crippen LogP contribution is 2.16. The molecule has 0 aromatic carbocycles. The summed E-state index contributed by atoms with van der Waals surface area (Å²) in [6.45, 7) is 21.5. The zero-order chi connectivity index (χ0) is 83.9. The summed E-state index contributed by atoms with van der Waals surface area (Å²) < 4.78 is 67.3. The molecule has 1 aliphatic rings. The van der Waals surface area contributed by atoms with Crippen molar-refractivity contribution in [3.05, 3.63) is 0 Å². The van der Waals surface area contributed by atoms with Crippen LogP contribution in [0.5, 0.6) is 0 Å². The second kappa shape index (κ2) is 72.9. The van der Waals surface area contributed by atoms with Crippen LogP contribution in [0.4, 0.5) is 0 Å². The van der Waals surface area contributed by atoms with E-state index in [0.29, 0.717) is 77.3 Å². The Morgan fingerprint density at radius 3 is 0.482 bits per heavy atom. The molecule has 0 unspecified atom stereocenters. The van der Waals surface area contributed by atoms with Gasteiger partial charge in [-0.15, -0.1) is 0 Å². The summed E-state index contributed by atoms with van der Waals surface area (Å²) in [6, 6.07) is 0. The van der Waals surface area contributed by atoms with Gasteiger partial charge in [0.2, 0.25) is 0 Å². The normalized spacial score (nSPS) is 12.5. The monoisotopic (exact) mass is 1630 g/mol. The van der Waals surface area contributed by atoms with Crippen molar-refractivity contribution in [1.82, 2.24) is 19.6 Å². The predicted molar refractivity (Wildman–Crippen MR) is 432 cm³/mol. The third-order valence-corrected chi connectivity index (χ3v) is 19.5. The smallest absolute Gasteiger partial charge is 0.307 e. The first-order valence-electron chi connectivity index (χ1n) is 44.0. The van der Waals surface area contributed by atoms with Gasteiger partial charge in [-0.05, 0) is 90.4 Å². The van der Waals surface area contributed by atoms with Gasteiger partial charge in [0.1, 0.15) is 79.3 Å². The molecule has 0 bridgehead atoms. The zero-order valence-electron chi connectivity index (χ0n) is 71.7. The van der Waals surface area contributed by atoms with Crippen LogP contribution in [0.25, 0.3) is 0 Å². The molecule has 0 aliphatic carbocycles. The fourth-order valence-electron chi connectivity index (χ4n) is 12.1. The summed E-state index contributed by atoms with van der Waals surface area (Å²) >= 11 is 0. The SMILES string of the molecule is CCCCCC(=O)OCC(COC(=O)CCCCC)COC(=O)CCN(CCCN1CCN(CCCN(CCC(=O)OCC(COC(=O)CCCCC)COC(=O)CCCCC)CCC(=O)OCC(COC(=O)CCCCC)COC(=O)CCCCC)CC1)CCC(=O)OCC(COC(=O)CCCCC)COC(=O)CCCCC. The lowest BCUT2D eigenvalue weighted by atomic mass is 10.2. The Hall–Kier alpha value is -6.52. The number of carbonyl (C=O) groups is 12. The number of hydrogen-bond acceptors (Lipinski definition) is 28. The quantitative estimate of drug-likeness (QED) is 0.0310. The number of esters is 12. The van der Waals surface area contributed by atoms with Crippen LogP contribution >= 0.6 is 0 Å². The van der Waals surface area contributed by atoms with Crippen molar-refractivity contribution in [1.29, 1.82) is 0 Å². The van der Waals surface area contributed by atoms with E-state index in [2.05, 4.69) is 9.80 Å². The van der Waals surface area contributed by atoms with E-state index in [1.807, 2.05) is 65.2 Å². The maximum atomic E-state index is 13.6. The van der Waals surface area contributed by atoms with Gasteiger partial charge in [-0.25, -0.2) is 0 Å². The molecule has 28 nitrogen and oxygen atoms in total. The van der Waals surface area contributed by atoms with E-state index in [9.17, 15) is 57.5 Å². The minimum absolute atomic E-state index is 0.0349. The number of ether oxygens (including phenoxy) is 12. The van der Waals surface area contributed by atoms with Crippen LogP contribution in [-0.4, -0.2) is 249 Å². The maximum absolute atomic E-state index is 13.6. The lowest BCUT2D eigenvalue weighted by Gasteiger charge is -2.35. The molecule has 0 aromatic heterocycles. The van der Waals surface area contributed by atoms with Crippen LogP contribution in [0.15, 0.2) is 0 Å². The number of hydrogen-bond donors (Lipinski definition) is 0. The lowest BCUT2D eigenvalue weighted by Crippen LogP contribution is -2.47. The van der Waals surface area contributed by atoms with Crippen LogP contribution in [0.2, 0.25) is 0 Å². The predicted octanol–water partition coefficient (Wildman–Crippen LogP) is 13.2. The average molecular weight is 1630 g/mol. The Morgan fingerprint density at radius 2 is 0.342 bits per heavy atom. The zero-order valence-corrected chi connectivity index (χ0v) is 71.7. The molecule has 1 heterocycles. The van der Waals surface area contributed by atoms with E-state index in [-0.39, 0.29) is 230 Å². The standard InChI is InChI=1S/C86H152N4O24/c1-9-17-25-35-75(91)103-59-71(60-104-76(92)36-26-18-10-2)67-111-83(99)43-51-87(52-44-84(100)112-68-72(61-105-77(93)37-27-19-11-3)62-106-78(94)38-28-20-12-4)47-33-49-89-55-57-90(58-56-89)50-34-48-88(53-45-85(101)113-69-73(63-107-79(95)39-29-21-13-5)64-108-80(96)40-30-22-14-6)54-46-86(102)114-70-74(65-109-81(97)41-31-23-15-7)66-110-82(98)42-32-24-16-8/h71-74H,9-70H2,1-8H3. The second-order valence-electron chi connectivity index (χ2n) is 30.4. The fourth-order valence-corrected chi connectivity index (χ4v) is 12.1.